The molecule has 3 heteroatoms. The summed E-state index contributed by atoms with van der Waals surface area (Å²) >= 11 is 6.23. The van der Waals surface area contributed by atoms with Gasteiger partial charge in [-0.1, -0.05) is 36.2 Å². The van der Waals surface area contributed by atoms with E-state index >= 15 is 0 Å². The summed E-state index contributed by atoms with van der Waals surface area (Å²) in [5.41, 5.74) is 8.20. The Morgan fingerprint density at radius 2 is 2.06 bits per heavy atom. The van der Waals surface area contributed by atoms with E-state index in [9.17, 15) is 0 Å². The summed E-state index contributed by atoms with van der Waals surface area (Å²) in [6, 6.07) is 10.1. The number of pyridine rings is 1. The van der Waals surface area contributed by atoms with Gasteiger partial charge < -0.3 is 5.73 Å². The first kappa shape index (κ1) is 11.0. The molecule has 0 spiro atoms. The number of halogens is 1. The first-order valence-corrected chi connectivity index (χ1v) is 6.44. The summed E-state index contributed by atoms with van der Waals surface area (Å²) in [4.78, 5) is 4.42. The molecule has 1 aromatic heterocycles. The molecular formula is C14H15ClN2. The molecule has 1 aliphatic carbocycles. The van der Waals surface area contributed by atoms with E-state index in [0.29, 0.717) is 11.1 Å². The van der Waals surface area contributed by atoms with Gasteiger partial charge in [0.1, 0.15) is 5.15 Å². The SMILES string of the molecule is N[C@H](c1cc2ccccc2nc1Cl)C1CCC1. The van der Waals surface area contributed by atoms with Crippen LogP contribution in [0.5, 0.6) is 0 Å². The van der Waals surface area contributed by atoms with Crippen molar-refractivity contribution in [3.8, 4) is 0 Å². The Hall–Kier alpha value is -1.12. The summed E-state index contributed by atoms with van der Waals surface area (Å²) in [5, 5.41) is 1.67. The summed E-state index contributed by atoms with van der Waals surface area (Å²) in [7, 11) is 0. The maximum Gasteiger partial charge on any atom is 0.134 e. The summed E-state index contributed by atoms with van der Waals surface area (Å²) in [5.74, 6) is 0.579. The van der Waals surface area contributed by atoms with Gasteiger partial charge in [0.05, 0.1) is 5.52 Å². The van der Waals surface area contributed by atoms with Crippen LogP contribution in [0, 0.1) is 5.92 Å². The van der Waals surface area contributed by atoms with Crippen LogP contribution in [0.3, 0.4) is 0 Å². The molecule has 0 radical (unpaired) electrons. The molecule has 2 aromatic rings. The molecule has 0 bridgehead atoms. The molecular weight excluding hydrogens is 232 g/mol. The molecule has 0 aliphatic heterocycles. The second-order valence-electron chi connectivity index (χ2n) is 4.78. The van der Waals surface area contributed by atoms with E-state index in [0.717, 1.165) is 16.5 Å². The number of aromatic nitrogens is 1. The Labute approximate surface area is 106 Å². The number of hydrogen-bond donors (Lipinski definition) is 1. The maximum absolute atomic E-state index is 6.27. The quantitative estimate of drug-likeness (QED) is 0.821. The van der Waals surface area contributed by atoms with Gasteiger partial charge in [0, 0.05) is 17.0 Å². The molecule has 3 rings (SSSR count). The third-order valence-corrected chi connectivity index (χ3v) is 4.02. The predicted octanol–water partition coefficient (Wildman–Crippen LogP) is 3.69. The van der Waals surface area contributed by atoms with Crippen LogP contribution in [0.2, 0.25) is 5.15 Å². The highest BCUT2D eigenvalue weighted by Crippen LogP contribution is 2.38. The number of fused-ring (bicyclic) bond motifs is 1. The van der Waals surface area contributed by atoms with Gasteiger partial charge in [0.25, 0.3) is 0 Å². The maximum atomic E-state index is 6.27. The van der Waals surface area contributed by atoms with E-state index in [1.165, 1.54) is 19.3 Å². The first-order valence-electron chi connectivity index (χ1n) is 6.06. The summed E-state index contributed by atoms with van der Waals surface area (Å²) in [6.45, 7) is 0. The van der Waals surface area contributed by atoms with Crippen LogP contribution in [-0.4, -0.2) is 4.98 Å². The monoisotopic (exact) mass is 246 g/mol. The third-order valence-electron chi connectivity index (χ3n) is 3.72. The number of hydrogen-bond acceptors (Lipinski definition) is 2. The van der Waals surface area contributed by atoms with Crippen molar-refractivity contribution in [1.29, 1.82) is 0 Å². The molecule has 1 heterocycles. The minimum Gasteiger partial charge on any atom is -0.324 e. The lowest BCUT2D eigenvalue weighted by atomic mass is 9.78. The largest absolute Gasteiger partial charge is 0.324 e. The Kier molecular flexibility index (Phi) is 2.77. The van der Waals surface area contributed by atoms with Crippen molar-refractivity contribution in [3.05, 3.63) is 41.0 Å². The van der Waals surface area contributed by atoms with Crippen molar-refractivity contribution in [2.24, 2.45) is 11.7 Å². The van der Waals surface area contributed by atoms with Crippen LogP contribution in [0.4, 0.5) is 0 Å². The molecule has 1 saturated carbocycles. The number of nitrogens with zero attached hydrogens (tertiary/aromatic N) is 1. The lowest BCUT2D eigenvalue weighted by molar-refractivity contribution is 0.264. The molecule has 17 heavy (non-hydrogen) atoms. The Morgan fingerprint density at radius 3 is 2.76 bits per heavy atom. The zero-order valence-corrected chi connectivity index (χ0v) is 10.3. The first-order chi connectivity index (χ1) is 8.25. The van der Waals surface area contributed by atoms with E-state index < -0.39 is 0 Å². The summed E-state index contributed by atoms with van der Waals surface area (Å²) < 4.78 is 0. The normalized spacial score (nSPS) is 18.0. The van der Waals surface area contributed by atoms with Crippen molar-refractivity contribution in [3.63, 3.8) is 0 Å². The van der Waals surface area contributed by atoms with Gasteiger partial charge in [0.2, 0.25) is 0 Å². The standard InChI is InChI=1S/C14H15ClN2/c15-14-11(13(16)9-5-3-6-9)8-10-4-1-2-7-12(10)17-14/h1-2,4,7-9,13H,3,5-6,16H2/t13-/m0/s1. The van der Waals surface area contributed by atoms with Gasteiger partial charge >= 0.3 is 0 Å². The molecule has 0 amide bonds. The second-order valence-corrected chi connectivity index (χ2v) is 5.14. The van der Waals surface area contributed by atoms with Crippen LogP contribution < -0.4 is 5.73 Å². The fraction of sp³-hybridized carbons (Fsp3) is 0.357. The van der Waals surface area contributed by atoms with E-state index in [4.69, 9.17) is 17.3 Å². The topological polar surface area (TPSA) is 38.9 Å². The number of rotatable bonds is 2. The van der Waals surface area contributed by atoms with Gasteiger partial charge in [-0.05, 0) is 30.9 Å². The van der Waals surface area contributed by atoms with E-state index in [-0.39, 0.29) is 6.04 Å². The molecule has 1 fully saturated rings. The summed E-state index contributed by atoms with van der Waals surface area (Å²) in [6.07, 6.45) is 3.71. The lowest BCUT2D eigenvalue weighted by Crippen LogP contribution is -2.27. The predicted molar refractivity (Wildman–Crippen MR) is 71.0 cm³/mol. The Balaban J connectivity index is 2.06. The zero-order valence-electron chi connectivity index (χ0n) is 9.57. The number of benzene rings is 1. The van der Waals surface area contributed by atoms with Crippen molar-refractivity contribution in [2.45, 2.75) is 25.3 Å². The van der Waals surface area contributed by atoms with Gasteiger partial charge in [-0.3, -0.25) is 0 Å². The van der Waals surface area contributed by atoms with E-state index in [1.54, 1.807) is 0 Å². The molecule has 1 atom stereocenters. The minimum absolute atomic E-state index is 0.0355. The highest BCUT2D eigenvalue weighted by atomic mass is 35.5. The third kappa shape index (κ3) is 1.92. The molecule has 2 N–H and O–H groups in total. The van der Waals surface area contributed by atoms with Crippen LogP contribution >= 0.6 is 11.6 Å². The van der Waals surface area contributed by atoms with Crippen molar-refractivity contribution >= 4 is 22.5 Å². The van der Waals surface area contributed by atoms with Crippen LogP contribution in [0.25, 0.3) is 10.9 Å². The second kappa shape index (κ2) is 4.28. The fourth-order valence-corrected chi connectivity index (χ4v) is 2.67. The van der Waals surface area contributed by atoms with E-state index in [1.807, 2.05) is 18.2 Å². The molecule has 0 unspecified atom stereocenters. The average molecular weight is 247 g/mol. The van der Waals surface area contributed by atoms with E-state index in [2.05, 4.69) is 17.1 Å². The van der Waals surface area contributed by atoms with Crippen molar-refractivity contribution < 1.29 is 0 Å². The van der Waals surface area contributed by atoms with Crippen LogP contribution in [-0.2, 0) is 0 Å². The van der Waals surface area contributed by atoms with Gasteiger partial charge in [-0.15, -0.1) is 0 Å². The molecule has 1 aromatic carbocycles. The fourth-order valence-electron chi connectivity index (χ4n) is 2.40. The molecule has 0 saturated heterocycles. The highest BCUT2D eigenvalue weighted by molar-refractivity contribution is 6.30. The Morgan fingerprint density at radius 1 is 1.29 bits per heavy atom. The number of nitrogens with two attached hydrogens (primary N) is 1. The molecule has 88 valence electrons. The van der Waals surface area contributed by atoms with Crippen molar-refractivity contribution in [1.82, 2.24) is 4.98 Å². The lowest BCUT2D eigenvalue weighted by Gasteiger charge is -2.31. The van der Waals surface area contributed by atoms with Gasteiger partial charge in [0.15, 0.2) is 0 Å². The molecule has 1 aliphatic rings. The number of para-hydroxylation sites is 1. The van der Waals surface area contributed by atoms with Gasteiger partial charge in [-0.2, -0.15) is 0 Å². The van der Waals surface area contributed by atoms with Crippen LogP contribution in [0.15, 0.2) is 30.3 Å². The smallest absolute Gasteiger partial charge is 0.134 e. The minimum atomic E-state index is 0.0355. The highest BCUT2D eigenvalue weighted by Gasteiger charge is 2.27. The van der Waals surface area contributed by atoms with Gasteiger partial charge in [-0.25, -0.2) is 4.98 Å². The molecule has 2 nitrogen and oxygen atoms in total. The van der Waals surface area contributed by atoms with Crippen LogP contribution in [0.1, 0.15) is 30.9 Å². The Bertz CT molecular complexity index is 549. The van der Waals surface area contributed by atoms with Crippen molar-refractivity contribution in [2.75, 3.05) is 0 Å². The average Bonchev–Trinajstić information content (AvgIpc) is 2.25. The zero-order chi connectivity index (χ0) is 11.8.